The summed E-state index contributed by atoms with van der Waals surface area (Å²) in [5, 5.41) is 2.51. The lowest BCUT2D eigenvalue weighted by atomic mass is 10.2. The number of rotatable bonds is 2. The second-order valence-electron chi connectivity index (χ2n) is 2.32. The third-order valence-corrected chi connectivity index (χ3v) is 1.52. The van der Waals surface area contributed by atoms with Crippen molar-refractivity contribution in [2.75, 3.05) is 7.05 Å². The topological polar surface area (TPSA) is 38.3 Å². The Morgan fingerprint density at radius 1 is 1.46 bits per heavy atom. The van der Waals surface area contributed by atoms with Crippen molar-refractivity contribution in [3.8, 4) is 18.3 Å². The number of nitrogens with one attached hydrogen (secondary N) is 1. The molecule has 0 saturated heterocycles. The summed E-state index contributed by atoms with van der Waals surface area (Å²) in [5.74, 6) is 0.419. The highest BCUT2D eigenvalue weighted by Crippen LogP contribution is 2.11. The van der Waals surface area contributed by atoms with Crippen LogP contribution in [0.2, 0.25) is 0 Å². The zero-order chi connectivity index (χ0) is 9.68. The average molecular weight is 175 g/mol. The minimum atomic E-state index is -0.132. The van der Waals surface area contributed by atoms with Gasteiger partial charge in [0.15, 0.2) is 0 Å². The number of amides is 1. The maximum atomic E-state index is 11.1. The van der Waals surface area contributed by atoms with Gasteiger partial charge in [0.2, 0.25) is 0 Å². The highest BCUT2D eigenvalue weighted by Gasteiger charge is 2.01. The van der Waals surface area contributed by atoms with Gasteiger partial charge < -0.3 is 10.1 Å². The highest BCUT2D eigenvalue weighted by molar-refractivity contribution is 5.94. The van der Waals surface area contributed by atoms with E-state index in [-0.39, 0.29) is 5.91 Å². The number of hydrogen-bond acceptors (Lipinski definition) is 2. The molecule has 1 aromatic rings. The van der Waals surface area contributed by atoms with E-state index in [1.807, 2.05) is 6.11 Å². The summed E-state index contributed by atoms with van der Waals surface area (Å²) in [4.78, 5) is 11.1. The highest BCUT2D eigenvalue weighted by atomic mass is 16.5. The number of benzene rings is 1. The molecule has 13 heavy (non-hydrogen) atoms. The summed E-state index contributed by atoms with van der Waals surface area (Å²) in [6.07, 6.45) is 6.98. The lowest BCUT2D eigenvalue weighted by Gasteiger charge is -2.00. The van der Waals surface area contributed by atoms with Crippen LogP contribution in [0.3, 0.4) is 0 Å². The van der Waals surface area contributed by atoms with Gasteiger partial charge in [-0.1, -0.05) is 6.42 Å². The molecule has 1 rings (SSSR count). The second kappa shape index (κ2) is 4.17. The molecule has 1 aromatic carbocycles. The molecule has 0 atom stereocenters. The molecule has 0 bridgehead atoms. The van der Waals surface area contributed by atoms with Gasteiger partial charge >= 0.3 is 0 Å². The minimum Gasteiger partial charge on any atom is -0.408 e. The number of carbonyl (C=O) groups excluding carboxylic acids is 1. The van der Waals surface area contributed by atoms with Gasteiger partial charge in [-0.3, -0.25) is 4.79 Å². The molecule has 1 N–H and O–H groups in total. The van der Waals surface area contributed by atoms with E-state index in [4.69, 9.17) is 11.2 Å². The zero-order valence-corrected chi connectivity index (χ0v) is 7.20. The van der Waals surface area contributed by atoms with E-state index in [0.717, 1.165) is 0 Å². The fourth-order valence-electron chi connectivity index (χ4n) is 0.887. The molecular formula is C10H9NO2. The van der Waals surface area contributed by atoms with E-state index >= 15 is 0 Å². The van der Waals surface area contributed by atoms with Gasteiger partial charge in [-0.05, 0) is 24.3 Å². The summed E-state index contributed by atoms with van der Waals surface area (Å²) in [5.41, 5.74) is 0.576. The Hall–Kier alpha value is -1.95. The molecule has 0 fully saturated rings. The number of hydrogen-bond donors (Lipinski definition) is 1. The standard InChI is InChI=1S/C10H9NO2/c1-3-13-9-6-4-8(5-7-9)10(12)11-2/h1,4-7H,2H3,(H,11,12). The Labute approximate surface area is 76.7 Å². The van der Waals surface area contributed by atoms with Crippen LogP contribution in [0.1, 0.15) is 10.4 Å². The third kappa shape index (κ3) is 2.24. The van der Waals surface area contributed by atoms with Crippen LogP contribution in [0.25, 0.3) is 0 Å². The average Bonchev–Trinajstić information content (AvgIpc) is 2.18. The van der Waals surface area contributed by atoms with Crippen molar-refractivity contribution in [1.29, 1.82) is 0 Å². The summed E-state index contributed by atoms with van der Waals surface area (Å²) in [6.45, 7) is 0. The van der Waals surface area contributed by atoms with Crippen molar-refractivity contribution in [2.24, 2.45) is 0 Å². The molecular weight excluding hydrogens is 166 g/mol. The Balaban J connectivity index is 2.82. The monoisotopic (exact) mass is 175 g/mol. The maximum absolute atomic E-state index is 11.1. The zero-order valence-electron chi connectivity index (χ0n) is 7.20. The normalized spacial score (nSPS) is 8.62. The van der Waals surface area contributed by atoms with Crippen molar-refractivity contribution in [3.05, 3.63) is 29.8 Å². The van der Waals surface area contributed by atoms with Gasteiger partial charge in [-0.2, -0.15) is 0 Å². The first-order chi connectivity index (χ1) is 6.27. The molecule has 1 amide bonds. The van der Waals surface area contributed by atoms with Gasteiger partial charge in [-0.25, -0.2) is 0 Å². The van der Waals surface area contributed by atoms with E-state index in [0.29, 0.717) is 11.3 Å². The summed E-state index contributed by atoms with van der Waals surface area (Å²) < 4.78 is 4.77. The quantitative estimate of drug-likeness (QED) is 0.681. The van der Waals surface area contributed by atoms with Crippen LogP contribution in [0.15, 0.2) is 24.3 Å². The first-order valence-corrected chi connectivity index (χ1v) is 3.72. The molecule has 0 aromatic heterocycles. The lowest BCUT2D eigenvalue weighted by molar-refractivity contribution is 0.0963. The lowest BCUT2D eigenvalue weighted by Crippen LogP contribution is -2.17. The molecule has 0 aliphatic rings. The largest absolute Gasteiger partial charge is 0.408 e. The molecule has 0 unspecified atom stereocenters. The van der Waals surface area contributed by atoms with Crippen LogP contribution in [-0.4, -0.2) is 13.0 Å². The molecule has 0 spiro atoms. The van der Waals surface area contributed by atoms with E-state index in [1.165, 1.54) is 0 Å². The molecule has 0 radical (unpaired) electrons. The fourth-order valence-corrected chi connectivity index (χ4v) is 0.887. The SMILES string of the molecule is C#COc1ccc(C(=O)NC)cc1. The molecule has 0 aliphatic carbocycles. The van der Waals surface area contributed by atoms with Crippen LogP contribution in [0.5, 0.6) is 5.75 Å². The predicted octanol–water partition coefficient (Wildman–Crippen LogP) is 1.02. The van der Waals surface area contributed by atoms with E-state index in [1.54, 1.807) is 31.3 Å². The molecule has 0 saturated carbocycles. The Kier molecular flexibility index (Phi) is 2.93. The summed E-state index contributed by atoms with van der Waals surface area (Å²) in [7, 11) is 1.58. The summed E-state index contributed by atoms with van der Waals surface area (Å²) in [6, 6.07) is 6.58. The van der Waals surface area contributed by atoms with Crippen molar-refractivity contribution in [3.63, 3.8) is 0 Å². The van der Waals surface area contributed by atoms with Crippen LogP contribution < -0.4 is 10.1 Å². The molecule has 3 heteroatoms. The third-order valence-electron chi connectivity index (χ3n) is 1.52. The van der Waals surface area contributed by atoms with Gasteiger partial charge in [0.05, 0.1) is 0 Å². The van der Waals surface area contributed by atoms with Crippen molar-refractivity contribution in [1.82, 2.24) is 5.32 Å². The van der Waals surface area contributed by atoms with Crippen LogP contribution >= 0.6 is 0 Å². The van der Waals surface area contributed by atoms with Crippen molar-refractivity contribution < 1.29 is 9.53 Å². The Morgan fingerprint density at radius 3 is 2.54 bits per heavy atom. The van der Waals surface area contributed by atoms with Crippen molar-refractivity contribution in [2.45, 2.75) is 0 Å². The summed E-state index contributed by atoms with van der Waals surface area (Å²) >= 11 is 0. The number of carbonyl (C=O) groups is 1. The van der Waals surface area contributed by atoms with E-state index < -0.39 is 0 Å². The first kappa shape index (κ1) is 9.14. The molecule has 0 aliphatic heterocycles. The Bertz CT molecular complexity index is 335. The fraction of sp³-hybridized carbons (Fsp3) is 0.100. The minimum absolute atomic E-state index is 0.132. The van der Waals surface area contributed by atoms with E-state index in [2.05, 4.69) is 5.32 Å². The maximum Gasteiger partial charge on any atom is 0.251 e. The molecule has 3 nitrogen and oxygen atoms in total. The van der Waals surface area contributed by atoms with Crippen molar-refractivity contribution >= 4 is 5.91 Å². The Morgan fingerprint density at radius 2 is 2.08 bits per heavy atom. The number of terminal acetylenes is 1. The molecule has 66 valence electrons. The number of ether oxygens (including phenoxy) is 1. The smallest absolute Gasteiger partial charge is 0.251 e. The van der Waals surface area contributed by atoms with Crippen LogP contribution in [0, 0.1) is 12.5 Å². The van der Waals surface area contributed by atoms with Gasteiger partial charge in [0, 0.05) is 12.6 Å². The van der Waals surface area contributed by atoms with Crippen LogP contribution in [0.4, 0.5) is 0 Å². The van der Waals surface area contributed by atoms with Gasteiger partial charge in [0.1, 0.15) is 11.9 Å². The van der Waals surface area contributed by atoms with Gasteiger partial charge in [-0.15, -0.1) is 0 Å². The van der Waals surface area contributed by atoms with Crippen LogP contribution in [-0.2, 0) is 0 Å². The van der Waals surface area contributed by atoms with Gasteiger partial charge in [0.25, 0.3) is 5.91 Å². The second-order valence-corrected chi connectivity index (χ2v) is 2.32. The first-order valence-electron chi connectivity index (χ1n) is 3.72. The predicted molar refractivity (Wildman–Crippen MR) is 49.3 cm³/mol. The molecule has 0 heterocycles. The van der Waals surface area contributed by atoms with E-state index in [9.17, 15) is 4.79 Å².